The minimum Gasteiger partial charge on any atom is -0.494 e. The summed E-state index contributed by atoms with van der Waals surface area (Å²) in [4.78, 5) is 16.8. The van der Waals surface area contributed by atoms with E-state index >= 15 is 0 Å². The van der Waals surface area contributed by atoms with Crippen LogP contribution in [0.15, 0.2) is 18.2 Å². The molecule has 0 bridgehead atoms. The summed E-state index contributed by atoms with van der Waals surface area (Å²) in [7, 11) is 0. The number of benzene rings is 1. The molecular weight excluding hydrogens is 340 g/mol. The topological polar surface area (TPSA) is 53.0 Å². The monoisotopic (exact) mass is 374 g/mol. The number of aliphatic hydroxyl groups excluding tert-OH is 1. The van der Waals surface area contributed by atoms with E-state index in [0.717, 1.165) is 50.5 Å². The lowest BCUT2D eigenvalue weighted by Crippen LogP contribution is -2.36. The first kappa shape index (κ1) is 20.2. The van der Waals surface area contributed by atoms with Gasteiger partial charge in [0.25, 0.3) is 0 Å². The smallest absolute Gasteiger partial charge is 0.222 e. The summed E-state index contributed by atoms with van der Waals surface area (Å²) < 4.78 is 5.58. The number of nitrogens with zero attached hydrogens (tertiary/aromatic N) is 2. The van der Waals surface area contributed by atoms with Crippen LogP contribution < -0.4 is 4.74 Å². The zero-order valence-corrected chi connectivity index (χ0v) is 16.7. The third kappa shape index (κ3) is 5.69. The molecule has 0 spiro atoms. The van der Waals surface area contributed by atoms with Gasteiger partial charge in [-0.05, 0) is 69.2 Å². The van der Waals surface area contributed by atoms with Gasteiger partial charge in [-0.15, -0.1) is 0 Å². The fraction of sp³-hybridized carbons (Fsp3) is 0.682. The SMILES string of the molecule is CCOc1ccc(CN2CCC[C@H](CCC(=O)N3CCCC3)C2)cc1CO. The van der Waals surface area contributed by atoms with Crippen molar-refractivity contribution in [3.63, 3.8) is 0 Å². The number of carbonyl (C=O) groups is 1. The van der Waals surface area contributed by atoms with Crippen LogP contribution in [-0.2, 0) is 17.9 Å². The van der Waals surface area contributed by atoms with Crippen molar-refractivity contribution in [1.29, 1.82) is 0 Å². The Bertz CT molecular complexity index is 614. The average molecular weight is 375 g/mol. The maximum absolute atomic E-state index is 12.3. The second kappa shape index (κ2) is 10.1. The summed E-state index contributed by atoms with van der Waals surface area (Å²) in [5.41, 5.74) is 2.08. The van der Waals surface area contributed by atoms with E-state index in [1.165, 1.54) is 31.2 Å². The Morgan fingerprint density at radius 2 is 2.04 bits per heavy atom. The Labute approximate surface area is 163 Å². The number of rotatable bonds is 8. The van der Waals surface area contributed by atoms with E-state index in [1.54, 1.807) is 0 Å². The Kier molecular flexibility index (Phi) is 7.53. The van der Waals surface area contributed by atoms with Crippen molar-refractivity contribution in [2.24, 2.45) is 5.92 Å². The Morgan fingerprint density at radius 3 is 2.78 bits per heavy atom. The fourth-order valence-corrected chi connectivity index (χ4v) is 4.39. The summed E-state index contributed by atoms with van der Waals surface area (Å²) in [6, 6.07) is 6.14. The molecule has 0 unspecified atom stereocenters. The predicted molar refractivity (Wildman–Crippen MR) is 107 cm³/mol. The zero-order valence-electron chi connectivity index (χ0n) is 16.7. The zero-order chi connectivity index (χ0) is 19.1. The van der Waals surface area contributed by atoms with Crippen molar-refractivity contribution >= 4 is 5.91 Å². The number of aliphatic hydroxyl groups is 1. The van der Waals surface area contributed by atoms with E-state index in [-0.39, 0.29) is 6.61 Å². The molecule has 1 atom stereocenters. The summed E-state index contributed by atoms with van der Waals surface area (Å²) >= 11 is 0. The van der Waals surface area contributed by atoms with Crippen LogP contribution in [0, 0.1) is 5.92 Å². The summed E-state index contributed by atoms with van der Waals surface area (Å²) in [5, 5.41) is 9.60. The van der Waals surface area contributed by atoms with Crippen molar-refractivity contribution in [1.82, 2.24) is 9.80 Å². The summed E-state index contributed by atoms with van der Waals surface area (Å²) in [5.74, 6) is 1.75. The van der Waals surface area contributed by atoms with Crippen LogP contribution >= 0.6 is 0 Å². The first-order valence-electron chi connectivity index (χ1n) is 10.5. The lowest BCUT2D eigenvalue weighted by atomic mass is 9.92. The second-order valence-corrected chi connectivity index (χ2v) is 7.90. The van der Waals surface area contributed by atoms with Gasteiger partial charge in [-0.2, -0.15) is 0 Å². The molecule has 0 radical (unpaired) electrons. The molecule has 0 aromatic heterocycles. The number of piperidine rings is 1. The number of carbonyl (C=O) groups excluding carboxylic acids is 1. The molecule has 1 aromatic rings. The van der Waals surface area contributed by atoms with Crippen LogP contribution in [0.4, 0.5) is 0 Å². The lowest BCUT2D eigenvalue weighted by molar-refractivity contribution is -0.130. The average Bonchev–Trinajstić information content (AvgIpc) is 3.23. The van der Waals surface area contributed by atoms with E-state index < -0.39 is 0 Å². The highest BCUT2D eigenvalue weighted by molar-refractivity contribution is 5.76. The van der Waals surface area contributed by atoms with Crippen LogP contribution in [0.2, 0.25) is 0 Å². The normalized spacial score (nSPS) is 20.8. The van der Waals surface area contributed by atoms with Crippen molar-refractivity contribution in [2.45, 2.75) is 58.6 Å². The molecule has 27 heavy (non-hydrogen) atoms. The fourth-order valence-electron chi connectivity index (χ4n) is 4.39. The first-order chi connectivity index (χ1) is 13.2. The van der Waals surface area contributed by atoms with E-state index in [1.807, 2.05) is 17.9 Å². The third-order valence-corrected chi connectivity index (χ3v) is 5.83. The lowest BCUT2D eigenvalue weighted by Gasteiger charge is -2.33. The quantitative estimate of drug-likeness (QED) is 0.759. The second-order valence-electron chi connectivity index (χ2n) is 7.90. The van der Waals surface area contributed by atoms with Gasteiger partial charge in [0.1, 0.15) is 5.75 Å². The molecule has 2 aliphatic heterocycles. The molecule has 2 aliphatic rings. The molecule has 3 rings (SSSR count). The molecule has 2 saturated heterocycles. The number of amides is 1. The standard InChI is InChI=1S/C22H34N2O3/c1-2-27-21-9-7-19(14-20(21)17-25)16-23-11-5-6-18(15-23)8-10-22(26)24-12-3-4-13-24/h7,9,14,18,25H,2-6,8,10-13,15-17H2,1H3/t18-/m1/s1. The van der Waals surface area contributed by atoms with E-state index in [4.69, 9.17) is 4.74 Å². The minimum atomic E-state index is 0.00437. The molecule has 1 amide bonds. The van der Waals surface area contributed by atoms with Gasteiger partial charge in [0.2, 0.25) is 5.91 Å². The molecule has 5 nitrogen and oxygen atoms in total. The van der Waals surface area contributed by atoms with Gasteiger partial charge in [0.05, 0.1) is 13.2 Å². The van der Waals surface area contributed by atoms with E-state index in [0.29, 0.717) is 24.9 Å². The molecule has 0 saturated carbocycles. The van der Waals surface area contributed by atoms with Crippen LogP contribution in [0.3, 0.4) is 0 Å². The molecule has 150 valence electrons. The van der Waals surface area contributed by atoms with Gasteiger partial charge < -0.3 is 14.7 Å². The van der Waals surface area contributed by atoms with Crippen LogP contribution in [0.5, 0.6) is 5.75 Å². The maximum atomic E-state index is 12.3. The molecule has 2 heterocycles. The highest BCUT2D eigenvalue weighted by Crippen LogP contribution is 2.25. The minimum absolute atomic E-state index is 0.00437. The third-order valence-electron chi connectivity index (χ3n) is 5.83. The number of hydrogen-bond acceptors (Lipinski definition) is 4. The summed E-state index contributed by atoms with van der Waals surface area (Å²) in [6.07, 6.45) is 6.48. The molecular formula is C22H34N2O3. The predicted octanol–water partition coefficient (Wildman–Crippen LogP) is 3.19. The highest BCUT2D eigenvalue weighted by Gasteiger charge is 2.23. The van der Waals surface area contributed by atoms with Gasteiger partial charge in [-0.3, -0.25) is 9.69 Å². The largest absolute Gasteiger partial charge is 0.494 e. The van der Waals surface area contributed by atoms with Gasteiger partial charge in [0.15, 0.2) is 0 Å². The van der Waals surface area contributed by atoms with Gasteiger partial charge in [-0.25, -0.2) is 0 Å². The Hall–Kier alpha value is -1.59. The van der Waals surface area contributed by atoms with Crippen molar-refractivity contribution in [3.8, 4) is 5.75 Å². The van der Waals surface area contributed by atoms with E-state index in [9.17, 15) is 9.90 Å². The van der Waals surface area contributed by atoms with Crippen molar-refractivity contribution in [3.05, 3.63) is 29.3 Å². The van der Waals surface area contributed by atoms with Crippen molar-refractivity contribution in [2.75, 3.05) is 32.8 Å². The van der Waals surface area contributed by atoms with Crippen LogP contribution in [0.1, 0.15) is 56.6 Å². The van der Waals surface area contributed by atoms with Crippen LogP contribution in [0.25, 0.3) is 0 Å². The van der Waals surface area contributed by atoms with E-state index in [2.05, 4.69) is 17.0 Å². The molecule has 2 fully saturated rings. The van der Waals surface area contributed by atoms with Gasteiger partial charge in [-0.1, -0.05) is 6.07 Å². The Morgan fingerprint density at radius 1 is 1.22 bits per heavy atom. The maximum Gasteiger partial charge on any atom is 0.222 e. The molecule has 1 N–H and O–H groups in total. The first-order valence-corrected chi connectivity index (χ1v) is 10.5. The Balaban J connectivity index is 1.49. The van der Waals surface area contributed by atoms with Gasteiger partial charge in [0, 0.05) is 38.2 Å². The number of likely N-dealkylation sites (tertiary alicyclic amines) is 2. The van der Waals surface area contributed by atoms with Crippen molar-refractivity contribution < 1.29 is 14.6 Å². The molecule has 1 aromatic carbocycles. The number of hydrogen-bond donors (Lipinski definition) is 1. The molecule has 0 aliphatic carbocycles. The number of ether oxygens (including phenoxy) is 1. The van der Waals surface area contributed by atoms with Crippen LogP contribution in [-0.4, -0.2) is 53.6 Å². The summed E-state index contributed by atoms with van der Waals surface area (Å²) in [6.45, 7) is 7.56. The van der Waals surface area contributed by atoms with Gasteiger partial charge >= 0.3 is 0 Å². The highest BCUT2D eigenvalue weighted by atomic mass is 16.5. The molecule has 5 heteroatoms.